The molecule has 0 amide bonds. The summed E-state index contributed by atoms with van der Waals surface area (Å²) in [4.78, 5) is 10.7. The second-order valence-electron chi connectivity index (χ2n) is 12.6. The Bertz CT molecular complexity index is 2800. The highest BCUT2D eigenvalue weighted by Gasteiger charge is 2.21. The predicted molar refractivity (Wildman–Crippen MR) is 205 cm³/mol. The highest BCUT2D eigenvalue weighted by Crippen LogP contribution is 2.41. The van der Waals surface area contributed by atoms with Gasteiger partial charge in [0.05, 0.1) is 28.1 Å². The van der Waals surface area contributed by atoms with Crippen LogP contribution in [-0.2, 0) is 0 Å². The Balaban J connectivity index is 1.27. The van der Waals surface area contributed by atoms with Crippen molar-refractivity contribution in [2.45, 2.75) is 0 Å². The van der Waals surface area contributed by atoms with Gasteiger partial charge in [0.1, 0.15) is 11.2 Å². The lowest BCUT2D eigenvalue weighted by molar-refractivity contribution is 0.668. The van der Waals surface area contributed by atoms with Gasteiger partial charge in [-0.25, -0.2) is 9.97 Å². The Kier molecular flexibility index (Phi) is 6.46. The number of rotatable bonds is 5. The van der Waals surface area contributed by atoms with Gasteiger partial charge in [-0.1, -0.05) is 140 Å². The molecule has 0 atom stereocenters. The summed E-state index contributed by atoms with van der Waals surface area (Å²) in [6, 6.07) is 61.3. The molecule has 0 saturated carbocycles. The summed E-state index contributed by atoms with van der Waals surface area (Å²) >= 11 is 0. The van der Waals surface area contributed by atoms with Crippen molar-refractivity contribution in [3.05, 3.63) is 176 Å². The normalized spacial score (nSPS) is 11.6. The summed E-state index contributed by atoms with van der Waals surface area (Å²) in [6.07, 6.45) is 0. The van der Waals surface area contributed by atoms with Crippen molar-refractivity contribution in [1.82, 2.24) is 14.5 Å². The average Bonchev–Trinajstić information content (AvgIpc) is 3.73. The second kappa shape index (κ2) is 11.4. The number of furan rings is 1. The van der Waals surface area contributed by atoms with Crippen molar-refractivity contribution >= 4 is 43.7 Å². The molecule has 0 fully saturated rings. The molecule has 0 saturated heterocycles. The highest BCUT2D eigenvalue weighted by molar-refractivity contribution is 6.11. The van der Waals surface area contributed by atoms with Gasteiger partial charge in [-0.05, 0) is 41.5 Å². The molecule has 234 valence electrons. The van der Waals surface area contributed by atoms with Crippen LogP contribution in [0.25, 0.3) is 94.5 Å². The molecular formula is C46H29N3O. The van der Waals surface area contributed by atoms with Gasteiger partial charge in [0.15, 0.2) is 5.82 Å². The number of hydrogen-bond acceptors (Lipinski definition) is 3. The third kappa shape index (κ3) is 4.61. The van der Waals surface area contributed by atoms with Crippen LogP contribution in [0.15, 0.2) is 180 Å². The first kappa shape index (κ1) is 28.3. The van der Waals surface area contributed by atoms with E-state index in [1.807, 2.05) is 24.3 Å². The fourth-order valence-corrected chi connectivity index (χ4v) is 7.24. The number of fused-ring (bicyclic) bond motifs is 6. The summed E-state index contributed by atoms with van der Waals surface area (Å²) in [5, 5.41) is 4.48. The van der Waals surface area contributed by atoms with Gasteiger partial charge in [0.25, 0.3) is 0 Å². The number of para-hydroxylation sites is 3. The maximum Gasteiger partial charge on any atom is 0.162 e. The minimum absolute atomic E-state index is 0.650. The number of benzene rings is 7. The smallest absolute Gasteiger partial charge is 0.162 e. The highest BCUT2D eigenvalue weighted by atomic mass is 16.3. The molecule has 0 radical (unpaired) electrons. The monoisotopic (exact) mass is 639 g/mol. The zero-order valence-electron chi connectivity index (χ0n) is 27.0. The van der Waals surface area contributed by atoms with E-state index in [4.69, 9.17) is 14.4 Å². The molecule has 10 aromatic rings. The molecule has 0 unspecified atom stereocenters. The van der Waals surface area contributed by atoms with Crippen molar-refractivity contribution < 1.29 is 4.42 Å². The molecule has 0 bridgehead atoms. The van der Waals surface area contributed by atoms with Crippen molar-refractivity contribution in [3.63, 3.8) is 0 Å². The minimum atomic E-state index is 0.650. The van der Waals surface area contributed by atoms with E-state index in [0.717, 1.165) is 72.3 Å². The average molecular weight is 640 g/mol. The quantitative estimate of drug-likeness (QED) is 0.188. The Hall–Kier alpha value is -6.78. The lowest BCUT2D eigenvalue weighted by Gasteiger charge is -2.15. The lowest BCUT2D eigenvalue weighted by atomic mass is 10.0. The Labute approximate surface area is 288 Å². The summed E-state index contributed by atoms with van der Waals surface area (Å²) in [5.74, 6) is 0.650. The van der Waals surface area contributed by atoms with Crippen LogP contribution in [0, 0.1) is 0 Å². The molecule has 10 rings (SSSR count). The van der Waals surface area contributed by atoms with Crippen LogP contribution in [0.5, 0.6) is 0 Å². The number of nitrogens with zero attached hydrogens (tertiary/aromatic N) is 3. The maximum atomic E-state index is 6.49. The summed E-state index contributed by atoms with van der Waals surface area (Å²) in [6.45, 7) is 0. The van der Waals surface area contributed by atoms with E-state index in [9.17, 15) is 0 Å². The van der Waals surface area contributed by atoms with E-state index in [2.05, 4.69) is 156 Å². The fourth-order valence-electron chi connectivity index (χ4n) is 7.24. The molecule has 0 spiro atoms. The predicted octanol–water partition coefficient (Wildman–Crippen LogP) is 12.1. The largest absolute Gasteiger partial charge is 0.456 e. The van der Waals surface area contributed by atoms with Crippen LogP contribution >= 0.6 is 0 Å². The first-order valence-electron chi connectivity index (χ1n) is 16.8. The first-order chi connectivity index (χ1) is 24.8. The van der Waals surface area contributed by atoms with Gasteiger partial charge in [-0.15, -0.1) is 0 Å². The van der Waals surface area contributed by atoms with Crippen molar-refractivity contribution in [1.29, 1.82) is 0 Å². The van der Waals surface area contributed by atoms with Gasteiger partial charge in [-0.3, -0.25) is 0 Å². The van der Waals surface area contributed by atoms with Crippen LogP contribution < -0.4 is 0 Å². The van der Waals surface area contributed by atoms with Crippen molar-refractivity contribution in [2.24, 2.45) is 0 Å². The summed E-state index contributed by atoms with van der Waals surface area (Å²) in [5.41, 5.74) is 11.9. The van der Waals surface area contributed by atoms with Crippen LogP contribution in [0.2, 0.25) is 0 Å². The topological polar surface area (TPSA) is 43.9 Å². The molecule has 3 aromatic heterocycles. The standard InChI is InChI=1S/C46H29N3O/c1-3-13-30(14-4-1)31-23-25-33(26-24-31)40-28-39(32-15-5-2-6-16-32)47-46(48-40)38-27-37-36-19-9-12-22-44(36)50-45(37)29-43(38)49-41-20-10-7-17-34(41)35-18-8-11-21-42(35)49/h1-29H. The van der Waals surface area contributed by atoms with E-state index in [1.54, 1.807) is 0 Å². The molecule has 0 aliphatic rings. The third-order valence-corrected chi connectivity index (χ3v) is 9.64. The lowest BCUT2D eigenvalue weighted by Crippen LogP contribution is -2.02. The van der Waals surface area contributed by atoms with Gasteiger partial charge in [0, 0.05) is 44.3 Å². The van der Waals surface area contributed by atoms with Gasteiger partial charge >= 0.3 is 0 Å². The Morgan fingerprint density at radius 2 is 0.880 bits per heavy atom. The fraction of sp³-hybridized carbons (Fsp3) is 0. The van der Waals surface area contributed by atoms with Gasteiger partial charge in [0.2, 0.25) is 0 Å². The number of aromatic nitrogens is 3. The van der Waals surface area contributed by atoms with E-state index in [0.29, 0.717) is 5.82 Å². The van der Waals surface area contributed by atoms with Crippen LogP contribution in [0.4, 0.5) is 0 Å². The van der Waals surface area contributed by atoms with E-state index >= 15 is 0 Å². The molecule has 4 nitrogen and oxygen atoms in total. The molecular weight excluding hydrogens is 611 g/mol. The SMILES string of the molecule is c1ccc(-c2ccc(-c3cc(-c4ccccc4)nc(-c4cc5c(cc4-n4c6ccccc6c6ccccc64)oc4ccccc45)n3)cc2)cc1. The third-order valence-electron chi connectivity index (χ3n) is 9.64. The van der Waals surface area contributed by atoms with Gasteiger partial charge in [-0.2, -0.15) is 0 Å². The van der Waals surface area contributed by atoms with E-state index < -0.39 is 0 Å². The molecule has 0 N–H and O–H groups in total. The molecule has 50 heavy (non-hydrogen) atoms. The van der Waals surface area contributed by atoms with E-state index in [-0.39, 0.29) is 0 Å². The maximum absolute atomic E-state index is 6.49. The minimum Gasteiger partial charge on any atom is -0.456 e. The molecule has 0 aliphatic carbocycles. The van der Waals surface area contributed by atoms with Crippen LogP contribution in [0.1, 0.15) is 0 Å². The first-order valence-corrected chi connectivity index (χ1v) is 16.8. The zero-order valence-corrected chi connectivity index (χ0v) is 27.0. The molecule has 0 aliphatic heterocycles. The second-order valence-corrected chi connectivity index (χ2v) is 12.6. The summed E-state index contributed by atoms with van der Waals surface area (Å²) in [7, 11) is 0. The van der Waals surface area contributed by atoms with Gasteiger partial charge < -0.3 is 8.98 Å². The zero-order chi connectivity index (χ0) is 33.0. The van der Waals surface area contributed by atoms with Crippen molar-refractivity contribution in [2.75, 3.05) is 0 Å². The van der Waals surface area contributed by atoms with Crippen molar-refractivity contribution in [3.8, 4) is 50.7 Å². The molecule has 7 aromatic carbocycles. The molecule has 4 heteroatoms. The van der Waals surface area contributed by atoms with E-state index in [1.165, 1.54) is 16.3 Å². The Morgan fingerprint density at radius 3 is 1.54 bits per heavy atom. The van der Waals surface area contributed by atoms with Crippen LogP contribution in [-0.4, -0.2) is 14.5 Å². The van der Waals surface area contributed by atoms with Crippen LogP contribution in [0.3, 0.4) is 0 Å². The number of hydrogen-bond donors (Lipinski definition) is 0. The summed E-state index contributed by atoms with van der Waals surface area (Å²) < 4.78 is 8.82. The molecule has 3 heterocycles. The Morgan fingerprint density at radius 1 is 0.380 bits per heavy atom.